The molecule has 0 aliphatic carbocycles. The minimum Gasteiger partial charge on any atom is -0.459 e. The van der Waals surface area contributed by atoms with E-state index < -0.39 is 42.3 Å². The molecule has 178 valence electrons. The Bertz CT molecular complexity index is 1160. The maximum atomic E-state index is 12.8. The van der Waals surface area contributed by atoms with Crippen LogP contribution in [0.15, 0.2) is 91.0 Å². The van der Waals surface area contributed by atoms with Gasteiger partial charge in [-0.2, -0.15) is 0 Å². The second-order valence-electron chi connectivity index (χ2n) is 7.71. The zero-order chi connectivity index (χ0) is 24.6. The van der Waals surface area contributed by atoms with E-state index in [4.69, 9.17) is 18.9 Å². The molecule has 1 aliphatic heterocycles. The molecule has 3 aromatic rings. The summed E-state index contributed by atoms with van der Waals surface area (Å²) in [5.74, 6) is -2.03. The number of benzene rings is 3. The second kappa shape index (κ2) is 11.2. The van der Waals surface area contributed by atoms with Crippen LogP contribution in [-0.4, -0.2) is 55.2 Å². The number of rotatable bonds is 8. The predicted molar refractivity (Wildman–Crippen MR) is 123 cm³/mol. The topological polar surface area (TPSA) is 105 Å². The molecule has 35 heavy (non-hydrogen) atoms. The van der Waals surface area contributed by atoms with Gasteiger partial charge in [-0.05, 0) is 36.4 Å². The Morgan fingerprint density at radius 1 is 0.657 bits per heavy atom. The maximum absolute atomic E-state index is 12.8. The smallest absolute Gasteiger partial charge is 0.338 e. The van der Waals surface area contributed by atoms with Crippen molar-refractivity contribution in [2.75, 3.05) is 6.61 Å². The lowest BCUT2D eigenvalue weighted by Gasteiger charge is -2.23. The molecule has 1 fully saturated rings. The van der Waals surface area contributed by atoms with E-state index >= 15 is 0 Å². The number of hydrogen-bond donors (Lipinski definition) is 0. The molecule has 0 radical (unpaired) electrons. The van der Waals surface area contributed by atoms with E-state index in [1.807, 2.05) is 0 Å². The zero-order valence-corrected chi connectivity index (χ0v) is 18.5. The lowest BCUT2D eigenvalue weighted by Crippen LogP contribution is -2.42. The van der Waals surface area contributed by atoms with Crippen molar-refractivity contribution in [3.63, 3.8) is 0 Å². The Hall–Kier alpha value is -4.30. The van der Waals surface area contributed by atoms with E-state index in [9.17, 15) is 19.2 Å². The van der Waals surface area contributed by atoms with Gasteiger partial charge in [0.2, 0.25) is 0 Å². The number of carbonyl (C=O) groups is 4. The van der Waals surface area contributed by atoms with Crippen molar-refractivity contribution in [1.29, 1.82) is 0 Å². The molecule has 4 atom stereocenters. The average molecular weight is 474 g/mol. The van der Waals surface area contributed by atoms with Crippen LogP contribution in [0, 0.1) is 0 Å². The van der Waals surface area contributed by atoms with E-state index in [0.717, 1.165) is 0 Å². The quantitative estimate of drug-likeness (QED) is 0.278. The molecule has 0 spiro atoms. The molecule has 4 rings (SSSR count). The third-order valence-electron chi connectivity index (χ3n) is 5.37. The van der Waals surface area contributed by atoms with Gasteiger partial charge in [-0.25, -0.2) is 14.4 Å². The summed E-state index contributed by atoms with van der Waals surface area (Å²) >= 11 is 0. The largest absolute Gasteiger partial charge is 0.459 e. The molecular weight excluding hydrogens is 452 g/mol. The van der Waals surface area contributed by atoms with Gasteiger partial charge in [0, 0.05) is 0 Å². The Balaban J connectivity index is 1.54. The molecule has 3 aromatic carbocycles. The molecule has 0 bridgehead atoms. The highest BCUT2D eigenvalue weighted by atomic mass is 16.7. The van der Waals surface area contributed by atoms with Crippen molar-refractivity contribution in [1.82, 2.24) is 0 Å². The van der Waals surface area contributed by atoms with E-state index in [1.54, 1.807) is 91.0 Å². The minimum absolute atomic E-state index is 0.254. The summed E-state index contributed by atoms with van der Waals surface area (Å²) < 4.78 is 22.2. The first-order chi connectivity index (χ1) is 17.1. The van der Waals surface area contributed by atoms with Gasteiger partial charge in [0.25, 0.3) is 0 Å². The monoisotopic (exact) mass is 474 g/mol. The van der Waals surface area contributed by atoms with Crippen LogP contribution in [0.25, 0.3) is 0 Å². The van der Waals surface area contributed by atoms with Gasteiger partial charge in [0.15, 0.2) is 24.6 Å². The van der Waals surface area contributed by atoms with Gasteiger partial charge < -0.3 is 23.7 Å². The summed E-state index contributed by atoms with van der Waals surface area (Å²) in [6.45, 7) is -0.329. The third kappa shape index (κ3) is 5.80. The molecule has 0 saturated carbocycles. The number of ether oxygens (including phenoxy) is 4. The summed E-state index contributed by atoms with van der Waals surface area (Å²) in [5, 5.41) is 0. The molecule has 8 nitrogen and oxygen atoms in total. The summed E-state index contributed by atoms with van der Waals surface area (Å²) in [6, 6.07) is 24.7. The van der Waals surface area contributed by atoms with Crippen LogP contribution in [0.4, 0.5) is 0 Å². The van der Waals surface area contributed by atoms with Gasteiger partial charge in [0.1, 0.15) is 12.7 Å². The summed E-state index contributed by atoms with van der Waals surface area (Å²) in [5.41, 5.74) is 0.835. The van der Waals surface area contributed by atoms with Crippen LogP contribution < -0.4 is 0 Å². The molecule has 0 aromatic heterocycles. The highest BCUT2D eigenvalue weighted by Crippen LogP contribution is 2.28. The van der Waals surface area contributed by atoms with Gasteiger partial charge in [-0.1, -0.05) is 54.6 Å². The van der Waals surface area contributed by atoms with Crippen LogP contribution >= 0.6 is 0 Å². The normalized spacial score (nSPS) is 21.0. The zero-order valence-electron chi connectivity index (χ0n) is 18.5. The highest BCUT2D eigenvalue weighted by Gasteiger charge is 2.50. The Morgan fingerprint density at radius 2 is 1.09 bits per heavy atom. The Morgan fingerprint density at radius 3 is 1.54 bits per heavy atom. The number of aldehydes is 1. The molecule has 1 heterocycles. The molecule has 1 aliphatic rings. The highest BCUT2D eigenvalue weighted by molar-refractivity contribution is 5.91. The van der Waals surface area contributed by atoms with Crippen LogP contribution in [0.2, 0.25) is 0 Å². The van der Waals surface area contributed by atoms with E-state index in [2.05, 4.69) is 0 Å². The fraction of sp³-hybridized carbons (Fsp3) is 0.185. The van der Waals surface area contributed by atoms with E-state index in [-0.39, 0.29) is 17.7 Å². The Labute approximate surface area is 201 Å². The fourth-order valence-electron chi connectivity index (χ4n) is 3.62. The van der Waals surface area contributed by atoms with Crippen molar-refractivity contribution in [3.05, 3.63) is 108 Å². The lowest BCUT2D eigenvalue weighted by molar-refractivity contribution is -0.121. The molecule has 0 N–H and O–H groups in total. The number of hydrogen-bond acceptors (Lipinski definition) is 8. The molecule has 8 heteroatoms. The first kappa shape index (κ1) is 23.8. The molecule has 0 amide bonds. The number of carbonyl (C=O) groups excluding carboxylic acids is 4. The van der Waals surface area contributed by atoms with Crippen LogP contribution in [-0.2, 0) is 23.7 Å². The minimum atomic E-state index is -1.24. The van der Waals surface area contributed by atoms with Crippen molar-refractivity contribution in [2.24, 2.45) is 0 Å². The standard InChI is InChI=1S/C27H22O8/c28-16-21-23(34-26(30)19-12-6-2-7-13-19)24(35-27(31)20-14-8-3-9-15-20)22(33-21)17-32-25(29)18-10-4-1-5-11-18/h1-16,21-24H,17H2/t21-,22+,23-,24+/m0/s1. The summed E-state index contributed by atoms with van der Waals surface area (Å²) in [7, 11) is 0. The maximum Gasteiger partial charge on any atom is 0.338 e. The molecule has 1 saturated heterocycles. The van der Waals surface area contributed by atoms with Crippen LogP contribution in [0.3, 0.4) is 0 Å². The fourth-order valence-corrected chi connectivity index (χ4v) is 3.62. The van der Waals surface area contributed by atoms with E-state index in [0.29, 0.717) is 11.8 Å². The van der Waals surface area contributed by atoms with Gasteiger partial charge >= 0.3 is 17.9 Å². The van der Waals surface area contributed by atoms with Crippen LogP contribution in [0.1, 0.15) is 31.1 Å². The van der Waals surface area contributed by atoms with Crippen molar-refractivity contribution >= 4 is 24.2 Å². The van der Waals surface area contributed by atoms with Gasteiger partial charge in [-0.15, -0.1) is 0 Å². The average Bonchev–Trinajstić information content (AvgIpc) is 3.24. The van der Waals surface area contributed by atoms with Gasteiger partial charge in [-0.3, -0.25) is 0 Å². The molecule has 0 unspecified atom stereocenters. The van der Waals surface area contributed by atoms with Crippen LogP contribution in [0.5, 0.6) is 0 Å². The Kier molecular flexibility index (Phi) is 7.64. The van der Waals surface area contributed by atoms with Crippen molar-refractivity contribution < 1.29 is 38.1 Å². The summed E-state index contributed by atoms with van der Waals surface area (Å²) in [6.07, 6.45) is -4.25. The van der Waals surface area contributed by atoms with Crippen molar-refractivity contribution in [3.8, 4) is 0 Å². The van der Waals surface area contributed by atoms with Crippen molar-refractivity contribution in [2.45, 2.75) is 24.4 Å². The van der Waals surface area contributed by atoms with Gasteiger partial charge in [0.05, 0.1) is 16.7 Å². The summed E-state index contributed by atoms with van der Waals surface area (Å²) in [4.78, 5) is 49.7. The second-order valence-corrected chi connectivity index (χ2v) is 7.71. The molecular formula is C27H22O8. The third-order valence-corrected chi connectivity index (χ3v) is 5.37. The lowest BCUT2D eigenvalue weighted by atomic mass is 10.1. The first-order valence-electron chi connectivity index (χ1n) is 10.9. The first-order valence-corrected chi connectivity index (χ1v) is 10.9. The van der Waals surface area contributed by atoms with E-state index in [1.165, 1.54) is 0 Å². The predicted octanol–water partition coefficient (Wildman–Crippen LogP) is 3.26. The SMILES string of the molecule is O=C[C@@H]1O[C@H](COC(=O)c2ccccc2)[C@@H](OC(=O)c2ccccc2)[C@H]1OC(=O)c1ccccc1. The number of esters is 3.